The Morgan fingerprint density at radius 1 is 0.789 bits per heavy atom. The molecule has 1 nitrogen and oxygen atoms in total. The normalized spacial score (nSPS) is 12.7. The lowest BCUT2D eigenvalue weighted by molar-refractivity contribution is 0.198. The second kappa shape index (κ2) is 11.9. The van der Waals surface area contributed by atoms with E-state index >= 15 is 0 Å². The van der Waals surface area contributed by atoms with Crippen LogP contribution in [0.3, 0.4) is 0 Å². The molecule has 0 N–H and O–H groups in total. The Kier molecular flexibility index (Phi) is 11.9. The number of hydrogen-bond donors (Lipinski definition) is 0. The molecule has 0 spiro atoms. The Bertz CT molecular complexity index is 323. The van der Waals surface area contributed by atoms with E-state index in [0.29, 0.717) is 0 Å². The summed E-state index contributed by atoms with van der Waals surface area (Å²) in [4.78, 5) is 0. The van der Waals surface area contributed by atoms with E-state index in [1.54, 1.807) is 0 Å². The van der Waals surface area contributed by atoms with E-state index in [1.165, 1.54) is 24.0 Å². The molecule has 0 saturated carbocycles. The molecule has 1 aromatic carbocycles. The first-order valence-electron chi connectivity index (χ1n) is 5.90. The molecular weight excluding hydrogens is 326 g/mol. The van der Waals surface area contributed by atoms with Crippen LogP contribution in [0.15, 0.2) is 33.2 Å². The van der Waals surface area contributed by atoms with Gasteiger partial charge >= 0.3 is 0 Å². The summed E-state index contributed by atoms with van der Waals surface area (Å²) in [6, 6.07) is 8.48. The molecule has 2 rings (SSSR count). The third-order valence-electron chi connectivity index (χ3n) is 2.19. The maximum Gasteiger partial charge on any atom is 0.136 e. The van der Waals surface area contributed by atoms with Gasteiger partial charge in [0.15, 0.2) is 0 Å². The number of ether oxygens (including phenoxy) is 1. The first-order valence-corrected chi connectivity index (χ1v) is 7.42. The molecule has 0 aliphatic carbocycles. The molecule has 0 amide bonds. The minimum absolute atomic E-state index is 0.0988. The number of halogens is 4. The van der Waals surface area contributed by atoms with Crippen LogP contribution in [0, 0.1) is 13.8 Å². The number of hydrogen-bond acceptors (Lipinski definition) is 1. The van der Waals surface area contributed by atoms with E-state index in [-0.39, 0.29) is 8.98 Å². The largest absolute Gasteiger partial charge is 0.381 e. The summed E-state index contributed by atoms with van der Waals surface area (Å²) >= 11 is 20.0. The summed E-state index contributed by atoms with van der Waals surface area (Å²) < 4.78 is 4.75. The van der Waals surface area contributed by atoms with Gasteiger partial charge in [0.25, 0.3) is 0 Å². The van der Waals surface area contributed by atoms with E-state index in [2.05, 4.69) is 38.1 Å². The maximum absolute atomic E-state index is 4.99. The van der Waals surface area contributed by atoms with Gasteiger partial charge in [-0.2, -0.15) is 0 Å². The summed E-state index contributed by atoms with van der Waals surface area (Å²) in [6.07, 6.45) is 2.56. The SMILES string of the molecule is C1CCOC1.Cc1ccc(C)cc1.ClC(Cl)=C(Cl)Cl. The van der Waals surface area contributed by atoms with Crippen LogP contribution in [-0.4, -0.2) is 13.2 Å². The van der Waals surface area contributed by atoms with Gasteiger partial charge in [0.2, 0.25) is 0 Å². The predicted molar refractivity (Wildman–Crippen MR) is 86.4 cm³/mol. The van der Waals surface area contributed by atoms with Gasteiger partial charge in [0, 0.05) is 13.2 Å². The molecule has 108 valence electrons. The van der Waals surface area contributed by atoms with Gasteiger partial charge in [-0.15, -0.1) is 0 Å². The van der Waals surface area contributed by atoms with Crippen molar-refractivity contribution in [3.63, 3.8) is 0 Å². The van der Waals surface area contributed by atoms with Gasteiger partial charge in [-0.05, 0) is 26.7 Å². The van der Waals surface area contributed by atoms with E-state index in [1.807, 2.05) is 0 Å². The van der Waals surface area contributed by atoms with Crippen molar-refractivity contribution in [3.8, 4) is 0 Å². The molecule has 0 atom stereocenters. The van der Waals surface area contributed by atoms with Gasteiger partial charge in [0.05, 0.1) is 0 Å². The second-order valence-electron chi connectivity index (χ2n) is 4.00. The van der Waals surface area contributed by atoms with Gasteiger partial charge in [-0.1, -0.05) is 81.8 Å². The molecule has 0 aromatic heterocycles. The summed E-state index contributed by atoms with van der Waals surface area (Å²) in [5.74, 6) is 0. The highest BCUT2D eigenvalue weighted by molar-refractivity contribution is 6.67. The fourth-order valence-electron chi connectivity index (χ4n) is 1.15. The lowest BCUT2D eigenvalue weighted by Gasteiger charge is -1.90. The molecule has 1 heterocycles. The van der Waals surface area contributed by atoms with E-state index in [0.717, 1.165) is 13.2 Å². The third-order valence-corrected chi connectivity index (χ3v) is 3.33. The molecule has 0 bridgehead atoms. The van der Waals surface area contributed by atoms with Crippen molar-refractivity contribution in [2.24, 2.45) is 0 Å². The van der Waals surface area contributed by atoms with Crippen molar-refractivity contribution in [1.29, 1.82) is 0 Å². The molecular formula is C14H18Cl4O. The molecule has 1 aliphatic rings. The first kappa shape index (κ1) is 19.1. The van der Waals surface area contributed by atoms with Crippen LogP contribution in [0.5, 0.6) is 0 Å². The van der Waals surface area contributed by atoms with E-state index in [9.17, 15) is 0 Å². The summed E-state index contributed by atoms with van der Waals surface area (Å²) in [6.45, 7) is 6.19. The summed E-state index contributed by atoms with van der Waals surface area (Å²) in [5, 5.41) is 0. The lowest BCUT2D eigenvalue weighted by Crippen LogP contribution is -1.74. The van der Waals surface area contributed by atoms with Crippen LogP contribution in [0.2, 0.25) is 0 Å². The van der Waals surface area contributed by atoms with Gasteiger partial charge < -0.3 is 4.74 Å². The predicted octanol–water partition coefficient (Wildman–Crippen LogP) is 6.17. The Labute approximate surface area is 135 Å². The molecule has 1 fully saturated rings. The topological polar surface area (TPSA) is 9.23 Å². The van der Waals surface area contributed by atoms with Crippen LogP contribution in [0.1, 0.15) is 24.0 Å². The molecule has 0 unspecified atom stereocenters. The highest BCUT2D eigenvalue weighted by atomic mass is 35.5. The van der Waals surface area contributed by atoms with Crippen LogP contribution in [0.4, 0.5) is 0 Å². The van der Waals surface area contributed by atoms with E-state index < -0.39 is 0 Å². The molecule has 19 heavy (non-hydrogen) atoms. The molecule has 1 saturated heterocycles. The lowest BCUT2D eigenvalue weighted by atomic mass is 10.2. The zero-order valence-corrected chi connectivity index (χ0v) is 14.1. The van der Waals surface area contributed by atoms with Crippen molar-refractivity contribution in [2.75, 3.05) is 13.2 Å². The van der Waals surface area contributed by atoms with Crippen molar-refractivity contribution < 1.29 is 4.74 Å². The van der Waals surface area contributed by atoms with Crippen LogP contribution < -0.4 is 0 Å². The molecule has 0 radical (unpaired) electrons. The van der Waals surface area contributed by atoms with Crippen molar-refractivity contribution >= 4 is 46.4 Å². The minimum atomic E-state index is -0.0988. The molecule has 5 heteroatoms. The quantitative estimate of drug-likeness (QED) is 0.547. The number of rotatable bonds is 0. The average Bonchev–Trinajstić information content (AvgIpc) is 2.92. The van der Waals surface area contributed by atoms with Gasteiger partial charge in [0.1, 0.15) is 8.98 Å². The monoisotopic (exact) mass is 342 g/mol. The standard InChI is InChI=1S/C8H10.C4H8O.C2Cl4/c1-7-3-5-8(2)6-4-7;1-2-4-5-3-1;3-1(4)2(5)6/h3-6H,1-2H3;1-4H2;. The average molecular weight is 344 g/mol. The maximum atomic E-state index is 4.99. The van der Waals surface area contributed by atoms with E-state index in [4.69, 9.17) is 51.1 Å². The highest BCUT2D eigenvalue weighted by Crippen LogP contribution is 2.20. The first-order chi connectivity index (χ1) is 8.93. The van der Waals surface area contributed by atoms with Crippen LogP contribution in [-0.2, 0) is 4.74 Å². The summed E-state index contributed by atoms with van der Waals surface area (Å²) in [5.41, 5.74) is 2.66. The highest BCUT2D eigenvalue weighted by Gasteiger charge is 1.94. The zero-order chi connectivity index (χ0) is 14.7. The Morgan fingerprint density at radius 2 is 1.11 bits per heavy atom. The Morgan fingerprint density at radius 3 is 1.26 bits per heavy atom. The van der Waals surface area contributed by atoms with Crippen molar-refractivity contribution in [3.05, 3.63) is 44.4 Å². The van der Waals surface area contributed by atoms with Crippen LogP contribution in [0.25, 0.3) is 0 Å². The zero-order valence-electron chi connectivity index (χ0n) is 11.1. The molecule has 1 aromatic rings. The number of benzene rings is 1. The van der Waals surface area contributed by atoms with Crippen LogP contribution >= 0.6 is 46.4 Å². The second-order valence-corrected chi connectivity index (χ2v) is 5.89. The third kappa shape index (κ3) is 12.8. The fraction of sp³-hybridized carbons (Fsp3) is 0.429. The number of aryl methyl sites for hydroxylation is 2. The Balaban J connectivity index is 0.000000264. The van der Waals surface area contributed by atoms with Gasteiger partial charge in [-0.25, -0.2) is 0 Å². The van der Waals surface area contributed by atoms with Crippen molar-refractivity contribution in [1.82, 2.24) is 0 Å². The summed E-state index contributed by atoms with van der Waals surface area (Å²) in [7, 11) is 0. The van der Waals surface area contributed by atoms with Gasteiger partial charge in [-0.3, -0.25) is 0 Å². The molecule has 1 aliphatic heterocycles. The smallest absolute Gasteiger partial charge is 0.136 e. The fourth-order valence-corrected chi connectivity index (χ4v) is 1.15. The Hall–Kier alpha value is 0.0800. The van der Waals surface area contributed by atoms with Crippen molar-refractivity contribution in [2.45, 2.75) is 26.7 Å². The minimum Gasteiger partial charge on any atom is -0.381 e.